The third-order valence-corrected chi connectivity index (χ3v) is 7.33. The Kier molecular flexibility index (Phi) is 7.83. The van der Waals surface area contributed by atoms with Crippen molar-refractivity contribution in [1.29, 1.82) is 0 Å². The highest BCUT2D eigenvalue weighted by Gasteiger charge is 2.47. The fraction of sp³-hybridized carbons (Fsp3) is 0.700. The molecule has 11 nitrogen and oxygen atoms in total. The predicted octanol–water partition coefficient (Wildman–Crippen LogP) is 2.58. The van der Waals surface area contributed by atoms with Gasteiger partial charge in [-0.15, -0.1) is 0 Å². The number of carbonyl (C=O) groups excluding carboxylic acids is 1. The van der Waals surface area contributed by atoms with Crippen molar-refractivity contribution in [3.8, 4) is 0 Å². The Morgan fingerprint density at radius 2 is 2.15 bits per heavy atom. The van der Waals surface area contributed by atoms with E-state index in [0.29, 0.717) is 17.0 Å². The van der Waals surface area contributed by atoms with Crippen LogP contribution in [0.4, 0.5) is 16.2 Å². The Bertz CT molecular complexity index is 1100. The molecule has 2 aromatic heterocycles. The molecule has 3 heterocycles. The first kappa shape index (κ1) is 26.7. The third-order valence-electron chi connectivity index (χ3n) is 5.22. The van der Waals surface area contributed by atoms with Crippen molar-refractivity contribution in [3.63, 3.8) is 0 Å². The minimum absolute atomic E-state index is 0.0821. The Labute approximate surface area is 203 Å². The van der Waals surface area contributed by atoms with Crippen LogP contribution in [0, 0.1) is 5.92 Å². The summed E-state index contributed by atoms with van der Waals surface area (Å²) in [7, 11) is 3.65. The van der Waals surface area contributed by atoms with Crippen molar-refractivity contribution in [3.05, 3.63) is 6.33 Å². The minimum Gasteiger partial charge on any atom is -0.462 e. The largest absolute Gasteiger partial charge is 0.462 e. The SMILES string of the molecule is CC(C)OC(=O)[C@@H](C)NP(C)(=S)OC[C@]1(F)C[C@H](C)[C@H](n2cnc3c(N(C)C)nc(N)nc32)O1. The first-order valence-corrected chi connectivity index (χ1v) is 14.1. The van der Waals surface area contributed by atoms with Crippen molar-refractivity contribution in [2.24, 2.45) is 5.92 Å². The molecule has 2 aromatic rings. The van der Waals surface area contributed by atoms with Crippen LogP contribution in [-0.4, -0.2) is 70.9 Å². The zero-order chi connectivity index (χ0) is 25.4. The summed E-state index contributed by atoms with van der Waals surface area (Å²) in [4.78, 5) is 26.8. The van der Waals surface area contributed by atoms with Gasteiger partial charge in [0.1, 0.15) is 25.3 Å². The van der Waals surface area contributed by atoms with Gasteiger partial charge in [-0.2, -0.15) is 9.97 Å². The molecule has 0 spiro atoms. The Hall–Kier alpha value is -1.92. The summed E-state index contributed by atoms with van der Waals surface area (Å²) < 4.78 is 34.1. The van der Waals surface area contributed by atoms with Crippen molar-refractivity contribution in [1.82, 2.24) is 24.6 Å². The molecule has 5 atom stereocenters. The topological polar surface area (TPSA) is 130 Å². The molecule has 1 saturated heterocycles. The van der Waals surface area contributed by atoms with E-state index in [4.69, 9.17) is 31.5 Å². The lowest BCUT2D eigenvalue weighted by Gasteiger charge is -2.27. The molecule has 190 valence electrons. The van der Waals surface area contributed by atoms with E-state index in [2.05, 4.69) is 20.0 Å². The molecule has 0 aromatic carbocycles. The maximum absolute atomic E-state index is 15.7. The van der Waals surface area contributed by atoms with Gasteiger partial charge in [0.15, 0.2) is 17.0 Å². The maximum Gasteiger partial charge on any atom is 0.323 e. The van der Waals surface area contributed by atoms with E-state index in [1.54, 1.807) is 43.2 Å². The van der Waals surface area contributed by atoms with Gasteiger partial charge < -0.3 is 24.6 Å². The van der Waals surface area contributed by atoms with Gasteiger partial charge in [-0.1, -0.05) is 18.7 Å². The van der Waals surface area contributed by atoms with Crippen molar-refractivity contribution in [2.45, 2.75) is 58.3 Å². The number of nitrogen functional groups attached to an aromatic ring is 1. The van der Waals surface area contributed by atoms with Crippen LogP contribution in [0.2, 0.25) is 0 Å². The first-order chi connectivity index (χ1) is 15.7. The van der Waals surface area contributed by atoms with Gasteiger partial charge in [-0.3, -0.25) is 14.4 Å². The second kappa shape index (κ2) is 9.98. The summed E-state index contributed by atoms with van der Waals surface area (Å²) in [5.41, 5.74) is 6.88. The Balaban J connectivity index is 1.72. The molecule has 3 rings (SSSR count). The fourth-order valence-electron chi connectivity index (χ4n) is 3.80. The van der Waals surface area contributed by atoms with E-state index in [0.717, 1.165) is 0 Å². The lowest BCUT2D eigenvalue weighted by Crippen LogP contribution is -2.36. The molecule has 1 aliphatic rings. The zero-order valence-electron chi connectivity index (χ0n) is 20.5. The number of halogens is 1. The van der Waals surface area contributed by atoms with E-state index in [9.17, 15) is 4.79 Å². The molecular formula is C20H33FN7O4PS. The number of anilines is 2. The number of nitrogens with zero attached hydrogens (tertiary/aromatic N) is 5. The van der Waals surface area contributed by atoms with Gasteiger partial charge in [-0.05, 0) is 20.8 Å². The molecular weight excluding hydrogens is 484 g/mol. The molecule has 14 heteroatoms. The molecule has 1 fully saturated rings. The fourth-order valence-corrected chi connectivity index (χ4v) is 5.75. The highest BCUT2D eigenvalue weighted by molar-refractivity contribution is 8.11. The zero-order valence-corrected chi connectivity index (χ0v) is 22.2. The molecule has 0 bridgehead atoms. The number of rotatable bonds is 9. The highest BCUT2D eigenvalue weighted by Crippen LogP contribution is 2.47. The van der Waals surface area contributed by atoms with Crippen molar-refractivity contribution >= 4 is 47.1 Å². The van der Waals surface area contributed by atoms with E-state index in [1.165, 1.54) is 0 Å². The summed E-state index contributed by atoms with van der Waals surface area (Å²) >= 11 is 5.49. The lowest BCUT2D eigenvalue weighted by molar-refractivity contribution is -0.171. The highest BCUT2D eigenvalue weighted by atomic mass is 32.4. The van der Waals surface area contributed by atoms with E-state index in [-0.39, 0.29) is 31.0 Å². The van der Waals surface area contributed by atoms with Crippen LogP contribution >= 0.6 is 6.42 Å². The number of hydrogen-bond acceptors (Lipinski definition) is 10. The number of ether oxygens (including phenoxy) is 2. The van der Waals surface area contributed by atoms with Crippen LogP contribution in [0.25, 0.3) is 11.2 Å². The van der Waals surface area contributed by atoms with Crippen LogP contribution in [0.15, 0.2) is 6.33 Å². The Morgan fingerprint density at radius 3 is 2.76 bits per heavy atom. The molecule has 1 aliphatic heterocycles. The molecule has 0 amide bonds. The minimum atomic E-state index is -2.70. The molecule has 0 saturated carbocycles. The van der Waals surface area contributed by atoms with E-state index >= 15 is 4.39 Å². The van der Waals surface area contributed by atoms with Gasteiger partial charge in [0, 0.05) is 33.1 Å². The molecule has 34 heavy (non-hydrogen) atoms. The number of esters is 1. The Morgan fingerprint density at radius 1 is 1.47 bits per heavy atom. The van der Waals surface area contributed by atoms with Crippen molar-refractivity contribution in [2.75, 3.05) is 38.0 Å². The molecule has 3 N–H and O–H groups in total. The summed E-state index contributed by atoms with van der Waals surface area (Å²) in [6, 6.07) is -0.682. The van der Waals surface area contributed by atoms with Crippen LogP contribution in [0.3, 0.4) is 0 Å². The second-order valence-corrected chi connectivity index (χ2v) is 13.5. The smallest absolute Gasteiger partial charge is 0.323 e. The second-order valence-electron chi connectivity index (χ2n) is 9.15. The number of carbonyl (C=O) groups is 1. The van der Waals surface area contributed by atoms with Gasteiger partial charge >= 0.3 is 5.97 Å². The average molecular weight is 518 g/mol. The normalized spacial score (nSPS) is 25.4. The van der Waals surface area contributed by atoms with Gasteiger partial charge in [0.2, 0.25) is 11.8 Å². The summed E-state index contributed by atoms with van der Waals surface area (Å²) in [6.07, 6.45) is -2.00. The van der Waals surface area contributed by atoms with Gasteiger partial charge in [0.05, 0.1) is 12.4 Å². The number of imidazole rings is 1. The monoisotopic (exact) mass is 517 g/mol. The molecule has 0 radical (unpaired) electrons. The third kappa shape index (κ3) is 6.01. The van der Waals surface area contributed by atoms with E-state index in [1.807, 2.05) is 21.0 Å². The number of fused-ring (bicyclic) bond motifs is 1. The number of hydrogen-bond donors (Lipinski definition) is 2. The number of aromatic nitrogens is 4. The summed E-state index contributed by atoms with van der Waals surface area (Å²) in [6.45, 7) is 8.29. The molecule has 0 aliphatic carbocycles. The van der Waals surface area contributed by atoms with Gasteiger partial charge in [0.25, 0.3) is 0 Å². The lowest BCUT2D eigenvalue weighted by atomic mass is 10.1. The van der Waals surface area contributed by atoms with Crippen LogP contribution in [-0.2, 0) is 30.6 Å². The maximum atomic E-state index is 15.7. The quantitative estimate of drug-likeness (QED) is 0.376. The van der Waals surface area contributed by atoms with Crippen molar-refractivity contribution < 1.29 is 23.2 Å². The standard InChI is InChI=1S/C20H33FN7O4PS/c1-11(2)31-18(29)13(4)26-33(7,34)30-9-20(21)8-12(3)17(32-20)28-10-23-14-15(27(5)6)24-19(22)25-16(14)28/h10-13,17H,8-9H2,1-7H3,(H,26,34)(H2,22,24,25)/t12-,13+,17+,20-,33?/m0/s1. The van der Waals surface area contributed by atoms with Crippen LogP contribution < -0.4 is 15.7 Å². The van der Waals surface area contributed by atoms with E-state index < -0.39 is 30.5 Å². The summed E-state index contributed by atoms with van der Waals surface area (Å²) in [5.74, 6) is -2.09. The average Bonchev–Trinajstić information content (AvgIpc) is 3.25. The number of nitrogens with one attached hydrogen (secondary N) is 1. The molecule has 1 unspecified atom stereocenters. The first-order valence-electron chi connectivity index (χ1n) is 11.0. The number of alkyl halides is 1. The van der Waals surface area contributed by atoms with Gasteiger partial charge in [-0.25, -0.2) is 9.37 Å². The number of nitrogens with two attached hydrogens (primary N) is 1. The summed E-state index contributed by atoms with van der Waals surface area (Å²) in [5, 5.41) is 2.96. The van der Waals surface area contributed by atoms with Crippen LogP contribution in [0.5, 0.6) is 0 Å². The van der Waals surface area contributed by atoms with Crippen LogP contribution in [0.1, 0.15) is 40.3 Å². The predicted molar refractivity (Wildman–Crippen MR) is 132 cm³/mol.